The minimum absolute atomic E-state index is 0.107. The second-order valence-electron chi connectivity index (χ2n) is 8.77. The average Bonchev–Trinajstić information content (AvgIpc) is 3.33. The van der Waals surface area contributed by atoms with Gasteiger partial charge in [0.25, 0.3) is 11.8 Å². The van der Waals surface area contributed by atoms with Gasteiger partial charge >= 0.3 is 0 Å². The van der Waals surface area contributed by atoms with Gasteiger partial charge in [-0.15, -0.1) is 0 Å². The van der Waals surface area contributed by atoms with Gasteiger partial charge in [0, 0.05) is 25.7 Å². The standard InChI is InChI=1S/C22H31N5O3/c1-22(14-24-16-8-5-3-4-6-9-16)15-27-19(21(29)26(22)2)12-18(25-27)20(28)23-13-17-10-7-11-30-17/h7,10-12,16,24H,3-6,8-9,13-15H2,1-2H3,(H,23,28). The van der Waals surface area contributed by atoms with Gasteiger partial charge in [-0.3, -0.25) is 14.3 Å². The highest BCUT2D eigenvalue weighted by Gasteiger charge is 2.41. The maximum Gasteiger partial charge on any atom is 0.272 e. The fourth-order valence-electron chi connectivity index (χ4n) is 4.36. The lowest BCUT2D eigenvalue weighted by molar-refractivity contribution is 0.0433. The third kappa shape index (κ3) is 4.28. The summed E-state index contributed by atoms with van der Waals surface area (Å²) in [4.78, 5) is 27.3. The van der Waals surface area contributed by atoms with Crippen molar-refractivity contribution in [1.29, 1.82) is 0 Å². The molecule has 0 aromatic carbocycles. The first-order valence-corrected chi connectivity index (χ1v) is 10.9. The van der Waals surface area contributed by atoms with Gasteiger partial charge in [0.2, 0.25) is 0 Å². The summed E-state index contributed by atoms with van der Waals surface area (Å²) in [7, 11) is 1.84. The van der Waals surface area contributed by atoms with Gasteiger partial charge in [-0.25, -0.2) is 0 Å². The van der Waals surface area contributed by atoms with Gasteiger partial charge in [-0.05, 0) is 31.9 Å². The Labute approximate surface area is 177 Å². The number of amides is 2. The molecule has 3 heterocycles. The zero-order valence-electron chi connectivity index (χ0n) is 17.8. The zero-order chi connectivity index (χ0) is 21.1. The van der Waals surface area contributed by atoms with Crippen LogP contribution in [0.5, 0.6) is 0 Å². The number of fused-ring (bicyclic) bond motifs is 1. The fourth-order valence-corrected chi connectivity index (χ4v) is 4.36. The van der Waals surface area contributed by atoms with E-state index in [1.165, 1.54) is 38.5 Å². The molecule has 2 aromatic rings. The smallest absolute Gasteiger partial charge is 0.272 e. The van der Waals surface area contributed by atoms with Gasteiger partial charge in [0.15, 0.2) is 5.69 Å². The van der Waals surface area contributed by atoms with E-state index in [4.69, 9.17) is 4.42 Å². The Morgan fingerprint density at radius 1 is 1.30 bits per heavy atom. The number of carbonyl (C=O) groups excluding carboxylic acids is 2. The summed E-state index contributed by atoms with van der Waals surface area (Å²) in [6, 6.07) is 5.66. The first-order chi connectivity index (χ1) is 14.5. The molecule has 0 radical (unpaired) electrons. The van der Waals surface area contributed by atoms with E-state index in [1.807, 2.05) is 7.05 Å². The Morgan fingerprint density at radius 2 is 2.07 bits per heavy atom. The number of aromatic nitrogens is 2. The number of hydrogen-bond acceptors (Lipinski definition) is 5. The van der Waals surface area contributed by atoms with Crippen molar-refractivity contribution in [3.8, 4) is 0 Å². The molecule has 8 heteroatoms. The van der Waals surface area contributed by atoms with Gasteiger partial charge in [0.05, 0.1) is 24.9 Å². The minimum atomic E-state index is -0.398. The number of rotatable bonds is 6. The predicted octanol–water partition coefficient (Wildman–Crippen LogP) is 2.56. The normalized spacial score (nSPS) is 22.6. The summed E-state index contributed by atoms with van der Waals surface area (Å²) in [5.74, 6) is 0.242. The van der Waals surface area contributed by atoms with Crippen LogP contribution in [0.2, 0.25) is 0 Å². The molecule has 162 valence electrons. The second-order valence-corrected chi connectivity index (χ2v) is 8.77. The van der Waals surface area contributed by atoms with Crippen LogP contribution < -0.4 is 10.6 Å². The minimum Gasteiger partial charge on any atom is -0.467 e. The van der Waals surface area contributed by atoms with E-state index in [9.17, 15) is 9.59 Å². The van der Waals surface area contributed by atoms with E-state index < -0.39 is 5.54 Å². The van der Waals surface area contributed by atoms with Crippen molar-refractivity contribution >= 4 is 11.8 Å². The van der Waals surface area contributed by atoms with Crippen LogP contribution in [-0.2, 0) is 13.1 Å². The molecule has 2 N–H and O–H groups in total. The molecule has 30 heavy (non-hydrogen) atoms. The Kier molecular flexibility index (Phi) is 5.94. The molecule has 1 saturated carbocycles. The lowest BCUT2D eigenvalue weighted by Gasteiger charge is -2.43. The maximum atomic E-state index is 13.0. The highest BCUT2D eigenvalue weighted by molar-refractivity contribution is 5.98. The Hall–Kier alpha value is -2.61. The van der Waals surface area contributed by atoms with Crippen LogP contribution in [0.25, 0.3) is 0 Å². The summed E-state index contributed by atoms with van der Waals surface area (Å²) in [6.07, 6.45) is 9.12. The molecule has 4 rings (SSSR count). The molecule has 0 saturated heterocycles. The summed E-state index contributed by atoms with van der Waals surface area (Å²) < 4.78 is 6.92. The highest BCUT2D eigenvalue weighted by Crippen LogP contribution is 2.26. The van der Waals surface area contributed by atoms with Crippen molar-refractivity contribution in [3.05, 3.63) is 41.6 Å². The zero-order valence-corrected chi connectivity index (χ0v) is 17.8. The molecule has 1 atom stereocenters. The molecule has 8 nitrogen and oxygen atoms in total. The van der Waals surface area contributed by atoms with E-state index in [-0.39, 0.29) is 24.1 Å². The van der Waals surface area contributed by atoms with Crippen molar-refractivity contribution < 1.29 is 14.0 Å². The molecule has 0 spiro atoms. The number of furan rings is 1. The quantitative estimate of drug-likeness (QED) is 0.710. The van der Waals surface area contributed by atoms with Gasteiger partial charge < -0.3 is 20.0 Å². The first-order valence-electron chi connectivity index (χ1n) is 10.9. The average molecular weight is 414 g/mol. The van der Waals surface area contributed by atoms with E-state index >= 15 is 0 Å². The van der Waals surface area contributed by atoms with Crippen LogP contribution in [0, 0.1) is 0 Å². The van der Waals surface area contributed by atoms with Crippen molar-refractivity contribution in [2.24, 2.45) is 0 Å². The molecule has 2 amide bonds. The molecule has 1 fully saturated rings. The predicted molar refractivity (Wildman–Crippen MR) is 112 cm³/mol. The van der Waals surface area contributed by atoms with Crippen LogP contribution in [-0.4, -0.2) is 51.7 Å². The third-order valence-corrected chi connectivity index (χ3v) is 6.47. The summed E-state index contributed by atoms with van der Waals surface area (Å²) in [5, 5.41) is 10.9. The molecule has 2 aliphatic rings. The molecule has 2 aromatic heterocycles. The van der Waals surface area contributed by atoms with Gasteiger partial charge in [-0.1, -0.05) is 25.7 Å². The van der Waals surface area contributed by atoms with Crippen LogP contribution in [0.15, 0.2) is 28.9 Å². The third-order valence-electron chi connectivity index (χ3n) is 6.47. The van der Waals surface area contributed by atoms with E-state index in [0.29, 0.717) is 30.6 Å². The van der Waals surface area contributed by atoms with Crippen molar-refractivity contribution in [2.75, 3.05) is 13.6 Å². The molecule has 0 bridgehead atoms. The van der Waals surface area contributed by atoms with Crippen LogP contribution in [0.4, 0.5) is 0 Å². The van der Waals surface area contributed by atoms with E-state index in [2.05, 4.69) is 22.7 Å². The lowest BCUT2D eigenvalue weighted by Crippen LogP contribution is -2.60. The Balaban J connectivity index is 1.43. The fraction of sp³-hybridized carbons (Fsp3) is 0.591. The summed E-state index contributed by atoms with van der Waals surface area (Å²) in [6.45, 7) is 3.62. The topological polar surface area (TPSA) is 92.4 Å². The SMILES string of the molecule is CN1C(=O)c2cc(C(=O)NCc3ccco3)nn2CC1(C)CNC1CCCCCC1. The van der Waals surface area contributed by atoms with Crippen molar-refractivity contribution in [3.63, 3.8) is 0 Å². The number of nitrogens with one attached hydrogen (secondary N) is 2. The second kappa shape index (κ2) is 8.63. The van der Waals surface area contributed by atoms with E-state index in [0.717, 1.165) is 0 Å². The molecular formula is C22H31N5O3. The number of likely N-dealkylation sites (N-methyl/N-ethyl adjacent to an activating group) is 1. The van der Waals surface area contributed by atoms with Crippen LogP contribution >= 0.6 is 0 Å². The largest absolute Gasteiger partial charge is 0.467 e. The number of carbonyl (C=O) groups is 2. The van der Waals surface area contributed by atoms with Crippen molar-refractivity contribution in [2.45, 2.75) is 70.1 Å². The van der Waals surface area contributed by atoms with Crippen molar-refractivity contribution in [1.82, 2.24) is 25.3 Å². The number of nitrogens with zero attached hydrogens (tertiary/aromatic N) is 3. The first kappa shape index (κ1) is 20.7. The van der Waals surface area contributed by atoms with Gasteiger partial charge in [0.1, 0.15) is 11.5 Å². The lowest BCUT2D eigenvalue weighted by atomic mass is 9.96. The highest BCUT2D eigenvalue weighted by atomic mass is 16.3. The monoisotopic (exact) mass is 413 g/mol. The molecule has 1 aliphatic carbocycles. The Morgan fingerprint density at radius 3 is 2.77 bits per heavy atom. The maximum absolute atomic E-state index is 13.0. The van der Waals surface area contributed by atoms with Crippen LogP contribution in [0.3, 0.4) is 0 Å². The molecule has 1 unspecified atom stereocenters. The van der Waals surface area contributed by atoms with Gasteiger partial charge in [-0.2, -0.15) is 5.10 Å². The molecular weight excluding hydrogens is 382 g/mol. The number of hydrogen-bond donors (Lipinski definition) is 2. The van der Waals surface area contributed by atoms with Crippen LogP contribution in [0.1, 0.15) is 72.2 Å². The summed E-state index contributed by atoms with van der Waals surface area (Å²) in [5.41, 5.74) is 0.302. The molecule has 1 aliphatic heterocycles. The Bertz CT molecular complexity index is 883. The summed E-state index contributed by atoms with van der Waals surface area (Å²) >= 11 is 0. The van der Waals surface area contributed by atoms with E-state index in [1.54, 1.807) is 34.0 Å².